The first-order valence-corrected chi connectivity index (χ1v) is 7.91. The van der Waals surface area contributed by atoms with E-state index in [-0.39, 0.29) is 5.91 Å². The Morgan fingerprint density at radius 3 is 2.54 bits per heavy atom. The molecule has 1 amide bonds. The van der Waals surface area contributed by atoms with Crippen LogP contribution in [0.2, 0.25) is 10.0 Å². The molecule has 24 heavy (non-hydrogen) atoms. The Kier molecular flexibility index (Phi) is 4.99. The number of carbonyl (C=O) groups is 1. The zero-order valence-electron chi connectivity index (χ0n) is 12.5. The number of amides is 1. The summed E-state index contributed by atoms with van der Waals surface area (Å²) in [7, 11) is 0. The zero-order valence-corrected chi connectivity index (χ0v) is 14.0. The number of benzene rings is 2. The van der Waals surface area contributed by atoms with Gasteiger partial charge in [-0.2, -0.15) is 5.10 Å². The fourth-order valence-electron chi connectivity index (χ4n) is 2.21. The minimum Gasteiger partial charge on any atom is -0.323 e. The lowest BCUT2D eigenvalue weighted by molar-refractivity contribution is 0.0955. The highest BCUT2D eigenvalue weighted by Gasteiger charge is 2.11. The molecule has 3 rings (SSSR count). The number of para-hydroxylation sites is 1. The summed E-state index contributed by atoms with van der Waals surface area (Å²) in [5.41, 5.74) is 4.48. The number of carbonyl (C=O) groups excluding carboxylic acids is 1. The van der Waals surface area contributed by atoms with Crippen LogP contribution in [0.15, 0.2) is 72.1 Å². The van der Waals surface area contributed by atoms with E-state index in [9.17, 15) is 4.79 Å². The summed E-state index contributed by atoms with van der Waals surface area (Å²) < 4.78 is 1.87. The first-order valence-electron chi connectivity index (χ1n) is 7.16. The van der Waals surface area contributed by atoms with Gasteiger partial charge in [0.15, 0.2) is 0 Å². The van der Waals surface area contributed by atoms with Crippen LogP contribution in [0.3, 0.4) is 0 Å². The van der Waals surface area contributed by atoms with E-state index in [0.717, 1.165) is 5.69 Å². The molecule has 0 aliphatic carbocycles. The first-order chi connectivity index (χ1) is 11.6. The van der Waals surface area contributed by atoms with Crippen molar-refractivity contribution in [1.82, 2.24) is 9.99 Å². The van der Waals surface area contributed by atoms with Gasteiger partial charge in [0.25, 0.3) is 5.91 Å². The van der Waals surface area contributed by atoms with E-state index >= 15 is 0 Å². The molecule has 0 bridgehead atoms. The Morgan fingerprint density at radius 1 is 1.04 bits per heavy atom. The molecule has 0 saturated heterocycles. The van der Waals surface area contributed by atoms with E-state index in [1.807, 2.05) is 47.3 Å². The average molecular weight is 358 g/mol. The molecule has 0 atom stereocenters. The molecular formula is C18H13Cl2N3O. The van der Waals surface area contributed by atoms with Crippen molar-refractivity contribution < 1.29 is 4.79 Å². The number of hydrogen-bond acceptors (Lipinski definition) is 2. The number of nitrogens with zero attached hydrogens (tertiary/aromatic N) is 2. The van der Waals surface area contributed by atoms with Crippen molar-refractivity contribution in [3.63, 3.8) is 0 Å². The SMILES string of the molecule is O=C(N/N=C/c1ccc(Cl)cc1Cl)c1ccccc1-n1cccc1. The highest BCUT2D eigenvalue weighted by atomic mass is 35.5. The van der Waals surface area contributed by atoms with Gasteiger partial charge in [0.2, 0.25) is 0 Å². The van der Waals surface area contributed by atoms with Crippen LogP contribution in [0.4, 0.5) is 0 Å². The molecule has 3 aromatic rings. The van der Waals surface area contributed by atoms with Crippen LogP contribution < -0.4 is 5.43 Å². The van der Waals surface area contributed by atoms with Crippen molar-refractivity contribution in [2.75, 3.05) is 0 Å². The van der Waals surface area contributed by atoms with Crippen molar-refractivity contribution >= 4 is 35.3 Å². The first kappa shape index (κ1) is 16.3. The maximum absolute atomic E-state index is 12.4. The molecule has 0 spiro atoms. The predicted octanol–water partition coefficient (Wildman–Crippen LogP) is 4.55. The highest BCUT2D eigenvalue weighted by Crippen LogP contribution is 2.19. The standard InChI is InChI=1S/C18H13Cl2N3O/c19-14-8-7-13(16(20)11-14)12-21-22-18(24)15-5-1-2-6-17(15)23-9-3-4-10-23/h1-12H,(H,22,24)/b21-12+. The molecule has 1 N–H and O–H groups in total. The van der Waals surface area contributed by atoms with Gasteiger partial charge in [0.05, 0.1) is 22.5 Å². The van der Waals surface area contributed by atoms with Gasteiger partial charge in [-0.3, -0.25) is 4.79 Å². The molecule has 0 fully saturated rings. The highest BCUT2D eigenvalue weighted by molar-refractivity contribution is 6.36. The number of rotatable bonds is 4. The third kappa shape index (κ3) is 3.67. The van der Waals surface area contributed by atoms with Crippen LogP contribution in [0.25, 0.3) is 5.69 Å². The molecule has 0 saturated carbocycles. The van der Waals surface area contributed by atoms with Gasteiger partial charge >= 0.3 is 0 Å². The Morgan fingerprint density at radius 2 is 1.79 bits per heavy atom. The minimum absolute atomic E-state index is 0.305. The summed E-state index contributed by atoms with van der Waals surface area (Å²) >= 11 is 11.9. The van der Waals surface area contributed by atoms with Crippen LogP contribution >= 0.6 is 23.2 Å². The average Bonchev–Trinajstić information content (AvgIpc) is 3.11. The quantitative estimate of drug-likeness (QED) is 0.540. The molecule has 120 valence electrons. The molecular weight excluding hydrogens is 345 g/mol. The molecule has 0 aliphatic heterocycles. The van der Waals surface area contributed by atoms with Gasteiger partial charge in [-0.05, 0) is 36.4 Å². The molecule has 4 nitrogen and oxygen atoms in total. The van der Waals surface area contributed by atoms with Crippen molar-refractivity contribution in [1.29, 1.82) is 0 Å². The van der Waals surface area contributed by atoms with Crippen LogP contribution in [0, 0.1) is 0 Å². The van der Waals surface area contributed by atoms with Gasteiger partial charge in [0, 0.05) is 23.0 Å². The molecule has 0 radical (unpaired) electrons. The number of aromatic nitrogens is 1. The molecule has 0 aliphatic rings. The molecule has 6 heteroatoms. The lowest BCUT2D eigenvalue weighted by Gasteiger charge is -2.09. The molecule has 1 aromatic heterocycles. The van der Waals surface area contributed by atoms with Crippen LogP contribution in [0.1, 0.15) is 15.9 Å². The fraction of sp³-hybridized carbons (Fsp3) is 0. The number of nitrogens with one attached hydrogen (secondary N) is 1. The molecule has 1 heterocycles. The van der Waals surface area contributed by atoms with E-state index < -0.39 is 0 Å². The van der Waals surface area contributed by atoms with Crippen molar-refractivity contribution in [2.24, 2.45) is 5.10 Å². The number of hydrazone groups is 1. The summed E-state index contributed by atoms with van der Waals surface area (Å²) in [5.74, 6) is -0.305. The monoisotopic (exact) mass is 357 g/mol. The van der Waals surface area contributed by atoms with Gasteiger partial charge < -0.3 is 4.57 Å². The summed E-state index contributed by atoms with van der Waals surface area (Å²) in [6, 6.07) is 16.2. The minimum atomic E-state index is -0.305. The number of halogens is 2. The molecule has 2 aromatic carbocycles. The second-order valence-electron chi connectivity index (χ2n) is 4.97. The van der Waals surface area contributed by atoms with Crippen molar-refractivity contribution in [3.8, 4) is 5.69 Å². The summed E-state index contributed by atoms with van der Waals surface area (Å²) in [4.78, 5) is 12.4. The maximum Gasteiger partial charge on any atom is 0.273 e. The third-order valence-electron chi connectivity index (χ3n) is 3.36. The molecule has 0 unspecified atom stereocenters. The second kappa shape index (κ2) is 7.34. The zero-order chi connectivity index (χ0) is 16.9. The van der Waals surface area contributed by atoms with E-state index in [4.69, 9.17) is 23.2 Å². The van der Waals surface area contributed by atoms with E-state index in [1.54, 1.807) is 24.3 Å². The van der Waals surface area contributed by atoms with E-state index in [0.29, 0.717) is 21.2 Å². The van der Waals surface area contributed by atoms with Gasteiger partial charge in [0.1, 0.15) is 0 Å². The fourth-order valence-corrected chi connectivity index (χ4v) is 2.67. The summed E-state index contributed by atoms with van der Waals surface area (Å²) in [5, 5.41) is 4.98. The van der Waals surface area contributed by atoms with Crippen LogP contribution in [0.5, 0.6) is 0 Å². The van der Waals surface area contributed by atoms with E-state index in [2.05, 4.69) is 10.5 Å². The third-order valence-corrected chi connectivity index (χ3v) is 3.93. The normalized spacial score (nSPS) is 10.9. The smallest absolute Gasteiger partial charge is 0.273 e. The van der Waals surface area contributed by atoms with Crippen molar-refractivity contribution in [2.45, 2.75) is 0 Å². The van der Waals surface area contributed by atoms with Crippen LogP contribution in [-0.4, -0.2) is 16.7 Å². The Balaban J connectivity index is 1.78. The Hall–Kier alpha value is -2.56. The summed E-state index contributed by atoms with van der Waals surface area (Å²) in [6.07, 6.45) is 5.24. The Labute approximate surface area is 149 Å². The topological polar surface area (TPSA) is 46.4 Å². The van der Waals surface area contributed by atoms with Crippen molar-refractivity contribution in [3.05, 3.63) is 88.2 Å². The lowest BCUT2D eigenvalue weighted by atomic mass is 10.1. The predicted molar refractivity (Wildman–Crippen MR) is 97.3 cm³/mol. The lowest BCUT2D eigenvalue weighted by Crippen LogP contribution is -2.19. The maximum atomic E-state index is 12.4. The largest absolute Gasteiger partial charge is 0.323 e. The van der Waals surface area contributed by atoms with Gasteiger partial charge in [-0.1, -0.05) is 41.4 Å². The summed E-state index contributed by atoms with van der Waals surface area (Å²) in [6.45, 7) is 0. The van der Waals surface area contributed by atoms with Crippen LogP contribution in [-0.2, 0) is 0 Å². The van der Waals surface area contributed by atoms with Gasteiger partial charge in [-0.25, -0.2) is 5.43 Å². The van der Waals surface area contributed by atoms with Gasteiger partial charge in [-0.15, -0.1) is 0 Å². The second-order valence-corrected chi connectivity index (χ2v) is 5.82. The van der Waals surface area contributed by atoms with E-state index in [1.165, 1.54) is 6.21 Å². The number of hydrogen-bond donors (Lipinski definition) is 1. The Bertz CT molecular complexity index is 889.